The second kappa shape index (κ2) is 6.78. The quantitative estimate of drug-likeness (QED) is 0.787. The molecule has 0 aromatic carbocycles. The van der Waals surface area contributed by atoms with Crippen LogP contribution in [0, 0.1) is 0 Å². The summed E-state index contributed by atoms with van der Waals surface area (Å²) in [5, 5.41) is 14.4. The number of nitrogens with zero attached hydrogens (tertiary/aromatic N) is 1. The van der Waals surface area contributed by atoms with Crippen molar-refractivity contribution in [1.29, 1.82) is 0 Å². The summed E-state index contributed by atoms with van der Waals surface area (Å²) >= 11 is 5.00. The highest BCUT2D eigenvalue weighted by atomic mass is 79.9. The molecule has 23 heavy (non-hydrogen) atoms. The van der Waals surface area contributed by atoms with Crippen LogP contribution in [0.2, 0.25) is 0 Å². The van der Waals surface area contributed by atoms with Gasteiger partial charge in [0.25, 0.3) is 0 Å². The Kier molecular flexibility index (Phi) is 5.37. The molecule has 2 rings (SSSR count). The van der Waals surface area contributed by atoms with Crippen molar-refractivity contribution in [2.75, 3.05) is 13.1 Å². The van der Waals surface area contributed by atoms with E-state index in [-0.39, 0.29) is 6.42 Å². The molecule has 1 aromatic heterocycles. The minimum absolute atomic E-state index is 0.0289. The Morgan fingerprint density at radius 1 is 1.48 bits per heavy atom. The lowest BCUT2D eigenvalue weighted by Gasteiger charge is -2.49. The van der Waals surface area contributed by atoms with Crippen LogP contribution in [0.3, 0.4) is 0 Å². The van der Waals surface area contributed by atoms with Crippen LogP contribution in [-0.4, -0.2) is 46.3 Å². The molecule has 1 amide bonds. The van der Waals surface area contributed by atoms with E-state index < -0.39 is 23.2 Å². The van der Waals surface area contributed by atoms with E-state index in [4.69, 9.17) is 9.84 Å². The number of carbonyl (C=O) groups is 2. The van der Waals surface area contributed by atoms with E-state index in [9.17, 15) is 9.59 Å². The van der Waals surface area contributed by atoms with Gasteiger partial charge in [-0.1, -0.05) is 0 Å². The van der Waals surface area contributed by atoms with E-state index in [1.54, 1.807) is 11.3 Å². The van der Waals surface area contributed by atoms with Gasteiger partial charge in [0, 0.05) is 34.4 Å². The summed E-state index contributed by atoms with van der Waals surface area (Å²) in [6.07, 6.45) is -0.432. The summed E-state index contributed by atoms with van der Waals surface area (Å²) < 4.78 is 6.32. The van der Waals surface area contributed by atoms with Gasteiger partial charge >= 0.3 is 12.1 Å². The molecule has 2 heterocycles. The number of ether oxygens (including phenoxy) is 1. The van der Waals surface area contributed by atoms with Crippen LogP contribution in [0.5, 0.6) is 0 Å². The van der Waals surface area contributed by atoms with E-state index in [1.165, 1.54) is 4.90 Å². The van der Waals surface area contributed by atoms with Gasteiger partial charge < -0.3 is 20.1 Å². The molecule has 1 saturated heterocycles. The largest absolute Gasteiger partial charge is 0.481 e. The fraction of sp³-hybridized carbons (Fsp3) is 0.600. The highest BCUT2D eigenvalue weighted by Gasteiger charge is 2.47. The van der Waals surface area contributed by atoms with Gasteiger partial charge in [-0.25, -0.2) is 4.79 Å². The predicted octanol–water partition coefficient (Wildman–Crippen LogP) is 3.06. The number of carboxylic acids is 1. The van der Waals surface area contributed by atoms with Crippen LogP contribution in [0.15, 0.2) is 15.9 Å². The van der Waals surface area contributed by atoms with Gasteiger partial charge in [-0.2, -0.15) is 0 Å². The normalized spacial score (nSPS) is 16.8. The van der Waals surface area contributed by atoms with Gasteiger partial charge in [-0.05, 0) is 42.8 Å². The molecule has 8 heteroatoms. The fourth-order valence-electron chi connectivity index (χ4n) is 2.44. The Morgan fingerprint density at radius 2 is 2.13 bits per heavy atom. The second-order valence-corrected chi connectivity index (χ2v) is 8.68. The van der Waals surface area contributed by atoms with Crippen LogP contribution >= 0.6 is 27.3 Å². The minimum Gasteiger partial charge on any atom is -0.481 e. The number of aliphatic carboxylic acids is 1. The van der Waals surface area contributed by atoms with Gasteiger partial charge in [-0.15, -0.1) is 11.3 Å². The summed E-state index contributed by atoms with van der Waals surface area (Å²) in [6.45, 7) is 6.67. The van der Waals surface area contributed by atoms with Crippen molar-refractivity contribution in [2.45, 2.75) is 44.9 Å². The van der Waals surface area contributed by atoms with Gasteiger partial charge in [0.15, 0.2) is 0 Å². The van der Waals surface area contributed by atoms with Gasteiger partial charge in [0.05, 0.1) is 12.0 Å². The van der Waals surface area contributed by atoms with Crippen LogP contribution in [0.4, 0.5) is 4.79 Å². The predicted molar refractivity (Wildman–Crippen MR) is 91.6 cm³/mol. The third-order valence-electron chi connectivity index (χ3n) is 3.39. The Bertz CT molecular complexity index is 591. The number of hydrogen-bond acceptors (Lipinski definition) is 5. The van der Waals surface area contributed by atoms with Crippen LogP contribution in [0.25, 0.3) is 0 Å². The zero-order chi connectivity index (χ0) is 17.3. The molecule has 2 N–H and O–H groups in total. The summed E-state index contributed by atoms with van der Waals surface area (Å²) in [7, 11) is 0. The average molecular weight is 405 g/mol. The summed E-state index contributed by atoms with van der Waals surface area (Å²) in [5.74, 6) is -0.881. The lowest BCUT2D eigenvalue weighted by molar-refractivity contribution is -0.141. The topological polar surface area (TPSA) is 78.9 Å². The second-order valence-electron chi connectivity index (χ2n) is 6.77. The molecule has 1 fully saturated rings. The number of likely N-dealkylation sites (tertiary alicyclic amines) is 1. The molecule has 1 aliphatic rings. The Morgan fingerprint density at radius 3 is 2.61 bits per heavy atom. The number of carboxylic acid groups (broad SMARTS) is 1. The van der Waals surface area contributed by atoms with Gasteiger partial charge in [-0.3, -0.25) is 4.79 Å². The number of carbonyl (C=O) groups excluding carboxylic acids is 1. The number of halogens is 1. The zero-order valence-electron chi connectivity index (χ0n) is 13.4. The van der Waals surface area contributed by atoms with Crippen molar-refractivity contribution < 1.29 is 19.4 Å². The van der Waals surface area contributed by atoms with Crippen molar-refractivity contribution in [2.24, 2.45) is 0 Å². The first-order valence-electron chi connectivity index (χ1n) is 7.26. The standard InChI is InChI=1S/C15H21BrN2O4S/c1-14(2,3)22-13(21)18-8-15(9-18,5-12(19)20)17-6-11-4-10(16)7-23-11/h4,7,17H,5-6,8-9H2,1-3H3,(H,19,20). The van der Waals surface area contributed by atoms with Crippen molar-refractivity contribution >= 4 is 39.3 Å². The number of thiophene rings is 1. The third kappa shape index (κ3) is 5.19. The fourth-order valence-corrected chi connectivity index (χ4v) is 3.83. The van der Waals surface area contributed by atoms with E-state index in [1.807, 2.05) is 32.2 Å². The van der Waals surface area contributed by atoms with E-state index in [0.29, 0.717) is 19.6 Å². The first-order valence-corrected chi connectivity index (χ1v) is 8.93. The Balaban J connectivity index is 1.94. The highest BCUT2D eigenvalue weighted by molar-refractivity contribution is 9.10. The molecule has 1 aliphatic heterocycles. The van der Waals surface area contributed by atoms with Crippen LogP contribution in [0.1, 0.15) is 32.1 Å². The Hall–Kier alpha value is -1.12. The monoisotopic (exact) mass is 404 g/mol. The van der Waals surface area contributed by atoms with Crippen LogP contribution in [-0.2, 0) is 16.1 Å². The minimum atomic E-state index is -0.881. The SMILES string of the molecule is CC(C)(C)OC(=O)N1CC(CC(=O)O)(NCc2cc(Br)cs2)C1. The molecule has 0 atom stereocenters. The van der Waals surface area contributed by atoms with Gasteiger partial charge in [0.2, 0.25) is 0 Å². The van der Waals surface area contributed by atoms with E-state index in [0.717, 1.165) is 9.35 Å². The molecule has 6 nitrogen and oxygen atoms in total. The molecule has 1 aromatic rings. The smallest absolute Gasteiger partial charge is 0.410 e. The van der Waals surface area contributed by atoms with Crippen molar-refractivity contribution in [3.63, 3.8) is 0 Å². The third-order valence-corrected chi connectivity index (χ3v) is 5.09. The summed E-state index contributed by atoms with van der Waals surface area (Å²) in [4.78, 5) is 25.8. The first kappa shape index (κ1) is 18.2. The number of nitrogens with one attached hydrogen (secondary N) is 1. The van der Waals surface area contributed by atoms with E-state index >= 15 is 0 Å². The van der Waals surface area contributed by atoms with Crippen molar-refractivity contribution in [3.8, 4) is 0 Å². The maximum atomic E-state index is 12.0. The maximum absolute atomic E-state index is 12.0. The molecule has 0 spiro atoms. The summed E-state index contributed by atoms with van der Waals surface area (Å²) in [5.41, 5.74) is -1.15. The molecule has 0 bridgehead atoms. The zero-order valence-corrected chi connectivity index (χ0v) is 15.8. The molecule has 0 unspecified atom stereocenters. The molecule has 0 radical (unpaired) electrons. The first-order chi connectivity index (χ1) is 10.6. The lowest BCUT2D eigenvalue weighted by atomic mass is 9.86. The van der Waals surface area contributed by atoms with Gasteiger partial charge in [0.1, 0.15) is 5.60 Å². The van der Waals surface area contributed by atoms with Crippen LogP contribution < -0.4 is 5.32 Å². The number of hydrogen-bond donors (Lipinski definition) is 2. The molecule has 0 saturated carbocycles. The molecule has 0 aliphatic carbocycles. The number of rotatable bonds is 5. The molecule has 128 valence electrons. The molecular formula is C15H21BrN2O4S. The number of amides is 1. The maximum Gasteiger partial charge on any atom is 0.410 e. The van der Waals surface area contributed by atoms with E-state index in [2.05, 4.69) is 21.2 Å². The summed E-state index contributed by atoms with van der Waals surface area (Å²) in [6, 6.07) is 2.00. The molecular weight excluding hydrogens is 384 g/mol. The van der Waals surface area contributed by atoms with Crippen molar-refractivity contribution in [1.82, 2.24) is 10.2 Å². The highest BCUT2D eigenvalue weighted by Crippen LogP contribution is 2.28. The Labute approximate surface area is 147 Å². The van der Waals surface area contributed by atoms with Crippen molar-refractivity contribution in [3.05, 3.63) is 20.8 Å². The average Bonchev–Trinajstić information content (AvgIpc) is 2.75. The lowest BCUT2D eigenvalue weighted by Crippen LogP contribution is -2.71.